The number of aromatic nitrogens is 1. The lowest BCUT2D eigenvalue weighted by Gasteiger charge is -2.29. The van der Waals surface area contributed by atoms with E-state index in [-0.39, 0.29) is 12.1 Å². The van der Waals surface area contributed by atoms with Gasteiger partial charge in [-0.15, -0.1) is 0 Å². The fraction of sp³-hybridized carbons (Fsp3) is 0.360. The molecular weight excluding hydrogens is 491 g/mol. The van der Waals surface area contributed by atoms with Gasteiger partial charge in [-0.1, -0.05) is 29.3 Å². The molecule has 0 bridgehead atoms. The Hall–Kier alpha value is -2.16. The van der Waals surface area contributed by atoms with Gasteiger partial charge in [-0.25, -0.2) is 0 Å². The Kier molecular flexibility index (Phi) is 7.37. The predicted octanol–water partition coefficient (Wildman–Crippen LogP) is 5.34. The molecule has 0 aliphatic carbocycles. The monoisotopic (exact) mass is 516 g/mol. The first-order valence-corrected chi connectivity index (χ1v) is 12.6. The van der Waals surface area contributed by atoms with E-state index >= 15 is 0 Å². The van der Waals surface area contributed by atoms with Crippen LogP contribution in [0.5, 0.6) is 0 Å². The van der Waals surface area contributed by atoms with Crippen LogP contribution < -0.4 is 5.32 Å². The van der Waals surface area contributed by atoms with Crippen LogP contribution in [0.1, 0.15) is 30.0 Å². The molecule has 2 unspecified atom stereocenters. The molecule has 2 aliphatic heterocycles. The van der Waals surface area contributed by atoms with Crippen molar-refractivity contribution >= 4 is 40.5 Å². The highest BCUT2D eigenvalue weighted by Gasteiger charge is 2.41. The summed E-state index contributed by atoms with van der Waals surface area (Å²) >= 11 is 18.1. The summed E-state index contributed by atoms with van der Waals surface area (Å²) in [7, 11) is 0. The number of ether oxygens (including phenoxy) is 1. The van der Waals surface area contributed by atoms with Gasteiger partial charge in [-0.3, -0.25) is 9.88 Å². The second kappa shape index (κ2) is 10.6. The molecule has 2 aliphatic rings. The van der Waals surface area contributed by atoms with Gasteiger partial charge in [0.15, 0.2) is 5.11 Å². The van der Waals surface area contributed by atoms with Crippen molar-refractivity contribution in [2.24, 2.45) is 0 Å². The van der Waals surface area contributed by atoms with Crippen LogP contribution in [0.4, 0.5) is 0 Å². The molecule has 178 valence electrons. The summed E-state index contributed by atoms with van der Waals surface area (Å²) in [5.41, 5.74) is 1.81. The lowest BCUT2D eigenvalue weighted by molar-refractivity contribution is 0.0365. The second-order valence-electron chi connectivity index (χ2n) is 8.46. The van der Waals surface area contributed by atoms with Crippen molar-refractivity contribution in [1.29, 1.82) is 0 Å². The molecular formula is C25H26Cl2N4O2S. The average molecular weight is 517 g/mol. The molecule has 0 amide bonds. The predicted molar refractivity (Wildman–Crippen MR) is 138 cm³/mol. The SMILES string of the molecule is S=C1NC(c2ccccn2)C(c2ccc(-c3ccc(Cl)c(Cl)c3)o2)N1CCCN1CCOCC1. The van der Waals surface area contributed by atoms with Crippen LogP contribution in [-0.2, 0) is 4.74 Å². The van der Waals surface area contributed by atoms with Gasteiger partial charge < -0.3 is 19.4 Å². The van der Waals surface area contributed by atoms with Crippen LogP contribution in [-0.4, -0.2) is 59.3 Å². The Morgan fingerprint density at radius 1 is 1.03 bits per heavy atom. The highest BCUT2D eigenvalue weighted by Crippen LogP contribution is 2.41. The summed E-state index contributed by atoms with van der Waals surface area (Å²) in [4.78, 5) is 9.27. The van der Waals surface area contributed by atoms with Gasteiger partial charge in [-0.2, -0.15) is 0 Å². The first-order chi connectivity index (χ1) is 16.6. The Morgan fingerprint density at radius 2 is 1.88 bits per heavy atom. The first kappa shape index (κ1) is 23.6. The maximum atomic E-state index is 6.38. The van der Waals surface area contributed by atoms with Gasteiger partial charge in [0.2, 0.25) is 0 Å². The first-order valence-electron chi connectivity index (χ1n) is 11.4. The number of rotatable bonds is 7. The highest BCUT2D eigenvalue weighted by atomic mass is 35.5. The maximum Gasteiger partial charge on any atom is 0.170 e. The van der Waals surface area contributed by atoms with Gasteiger partial charge in [0.1, 0.15) is 17.6 Å². The average Bonchev–Trinajstić information content (AvgIpc) is 3.47. The largest absolute Gasteiger partial charge is 0.459 e. The van der Waals surface area contributed by atoms with Crippen LogP contribution in [0.3, 0.4) is 0 Å². The van der Waals surface area contributed by atoms with Gasteiger partial charge in [0, 0.05) is 37.9 Å². The third-order valence-corrected chi connectivity index (χ3v) is 7.39. The highest BCUT2D eigenvalue weighted by molar-refractivity contribution is 7.80. The van der Waals surface area contributed by atoms with E-state index in [1.165, 1.54) is 0 Å². The van der Waals surface area contributed by atoms with E-state index in [2.05, 4.69) is 20.1 Å². The number of halogens is 2. The molecule has 1 N–H and O–H groups in total. The van der Waals surface area contributed by atoms with Crippen molar-refractivity contribution < 1.29 is 9.15 Å². The van der Waals surface area contributed by atoms with E-state index in [0.29, 0.717) is 10.0 Å². The third-order valence-electron chi connectivity index (χ3n) is 6.30. The zero-order valence-electron chi connectivity index (χ0n) is 18.6. The molecule has 34 heavy (non-hydrogen) atoms. The quantitative estimate of drug-likeness (QED) is 0.425. The molecule has 5 rings (SSSR count). The molecule has 1 aromatic carbocycles. The molecule has 0 radical (unpaired) electrons. The summed E-state index contributed by atoms with van der Waals surface area (Å²) in [6.07, 6.45) is 2.80. The van der Waals surface area contributed by atoms with Crippen molar-refractivity contribution in [2.45, 2.75) is 18.5 Å². The minimum absolute atomic E-state index is 0.107. The molecule has 2 saturated heterocycles. The fourth-order valence-electron chi connectivity index (χ4n) is 4.56. The minimum atomic E-state index is -0.108. The Balaban J connectivity index is 1.40. The molecule has 2 atom stereocenters. The lowest BCUT2D eigenvalue weighted by Crippen LogP contribution is -2.38. The Morgan fingerprint density at radius 3 is 2.65 bits per heavy atom. The van der Waals surface area contributed by atoms with Gasteiger partial charge in [0.25, 0.3) is 0 Å². The number of nitrogens with one attached hydrogen (secondary N) is 1. The lowest BCUT2D eigenvalue weighted by atomic mass is 10.0. The third kappa shape index (κ3) is 5.09. The molecule has 6 nitrogen and oxygen atoms in total. The maximum absolute atomic E-state index is 6.38. The normalized spacial score (nSPS) is 21.1. The Labute approximate surface area is 214 Å². The van der Waals surface area contributed by atoms with E-state index in [0.717, 1.165) is 73.7 Å². The minimum Gasteiger partial charge on any atom is -0.459 e. The number of pyridine rings is 1. The van der Waals surface area contributed by atoms with Crippen molar-refractivity contribution in [2.75, 3.05) is 39.4 Å². The number of benzene rings is 1. The standard InChI is InChI=1S/C25H26Cl2N4O2S/c26-18-6-5-17(16-19(18)27)21-7-8-22(33-21)24-23(20-4-1-2-9-28-20)29-25(34)31(24)11-3-10-30-12-14-32-15-13-30/h1-2,4-9,16,23-24H,3,10-15H2,(H,29,34). The number of hydrogen-bond acceptors (Lipinski definition) is 5. The summed E-state index contributed by atoms with van der Waals surface area (Å²) in [6, 6.07) is 15.2. The summed E-state index contributed by atoms with van der Waals surface area (Å²) < 4.78 is 11.8. The molecule has 2 aromatic heterocycles. The van der Waals surface area contributed by atoms with E-state index in [1.807, 2.05) is 48.7 Å². The van der Waals surface area contributed by atoms with Gasteiger partial charge in [-0.05, 0) is 61.1 Å². The van der Waals surface area contributed by atoms with Gasteiger partial charge >= 0.3 is 0 Å². The molecule has 0 saturated carbocycles. The zero-order chi connectivity index (χ0) is 23.5. The molecule has 9 heteroatoms. The Bertz CT molecular complexity index is 1140. The number of morpholine rings is 1. The van der Waals surface area contributed by atoms with E-state index in [9.17, 15) is 0 Å². The van der Waals surface area contributed by atoms with Crippen molar-refractivity contribution in [1.82, 2.24) is 20.1 Å². The van der Waals surface area contributed by atoms with E-state index in [4.69, 9.17) is 44.6 Å². The number of furan rings is 1. The van der Waals surface area contributed by atoms with Crippen LogP contribution in [0, 0.1) is 0 Å². The smallest absolute Gasteiger partial charge is 0.170 e. The molecule has 0 spiro atoms. The number of nitrogens with zero attached hydrogens (tertiary/aromatic N) is 3. The van der Waals surface area contributed by atoms with Crippen molar-refractivity contribution in [3.8, 4) is 11.3 Å². The molecule has 2 fully saturated rings. The second-order valence-corrected chi connectivity index (χ2v) is 9.66. The van der Waals surface area contributed by atoms with Crippen LogP contribution >= 0.6 is 35.4 Å². The van der Waals surface area contributed by atoms with Crippen LogP contribution in [0.25, 0.3) is 11.3 Å². The number of hydrogen-bond donors (Lipinski definition) is 1. The van der Waals surface area contributed by atoms with Gasteiger partial charge in [0.05, 0.1) is 35.0 Å². The van der Waals surface area contributed by atoms with Crippen LogP contribution in [0.15, 0.2) is 59.1 Å². The molecule has 4 heterocycles. The topological polar surface area (TPSA) is 53.8 Å². The van der Waals surface area contributed by atoms with E-state index in [1.54, 1.807) is 6.07 Å². The van der Waals surface area contributed by atoms with E-state index < -0.39 is 0 Å². The zero-order valence-corrected chi connectivity index (χ0v) is 21.0. The summed E-state index contributed by atoms with van der Waals surface area (Å²) in [5.74, 6) is 1.56. The summed E-state index contributed by atoms with van der Waals surface area (Å²) in [5, 5.41) is 5.22. The van der Waals surface area contributed by atoms with Crippen molar-refractivity contribution in [3.05, 3.63) is 76.2 Å². The number of thiocarbonyl (C=S) groups is 1. The fourth-order valence-corrected chi connectivity index (χ4v) is 5.19. The summed E-state index contributed by atoms with van der Waals surface area (Å²) in [6.45, 7) is 5.40. The molecule has 3 aromatic rings. The van der Waals surface area contributed by atoms with Crippen molar-refractivity contribution in [3.63, 3.8) is 0 Å². The van der Waals surface area contributed by atoms with Crippen LogP contribution in [0.2, 0.25) is 10.0 Å².